The van der Waals surface area contributed by atoms with Crippen molar-refractivity contribution < 1.29 is 4.39 Å². The number of hydrogen-bond donors (Lipinski definition) is 3. The monoisotopic (exact) mass is 473 g/mol. The zero-order valence-corrected chi connectivity index (χ0v) is 17.2. The Labute approximate surface area is 167 Å². The molecular weight excluding hydrogens is 452 g/mol. The van der Waals surface area contributed by atoms with E-state index in [4.69, 9.17) is 0 Å². The lowest BCUT2D eigenvalue weighted by Crippen LogP contribution is -2.37. The standard InChI is InChI=1S/C17H20FN5S.HI/c1-11-16(24-10-23-11)9-22-17(19-2)20-6-5-12-8-21-15-7-13(18)3-4-14(12)15;/h3-4,7-8,10,21H,5-6,9H2,1-2H3,(H2,19,20,22);1H. The third-order valence-electron chi connectivity index (χ3n) is 3.90. The molecule has 0 unspecified atom stereocenters. The molecule has 0 bridgehead atoms. The highest BCUT2D eigenvalue weighted by atomic mass is 127. The van der Waals surface area contributed by atoms with Gasteiger partial charge in [-0.3, -0.25) is 4.99 Å². The van der Waals surface area contributed by atoms with Crippen molar-refractivity contribution in [2.24, 2.45) is 4.99 Å². The molecule has 0 radical (unpaired) electrons. The van der Waals surface area contributed by atoms with Crippen LogP contribution in [0.4, 0.5) is 4.39 Å². The zero-order chi connectivity index (χ0) is 16.9. The highest BCUT2D eigenvalue weighted by molar-refractivity contribution is 14.0. The van der Waals surface area contributed by atoms with Gasteiger partial charge in [-0.25, -0.2) is 9.37 Å². The van der Waals surface area contributed by atoms with E-state index in [1.165, 1.54) is 17.0 Å². The number of nitrogens with one attached hydrogen (secondary N) is 3. The summed E-state index contributed by atoms with van der Waals surface area (Å²) in [5.41, 5.74) is 4.89. The fraction of sp³-hybridized carbons (Fsp3) is 0.294. The molecule has 0 amide bonds. The van der Waals surface area contributed by atoms with Crippen LogP contribution in [0.5, 0.6) is 0 Å². The van der Waals surface area contributed by atoms with E-state index in [1.54, 1.807) is 18.4 Å². The molecule has 1 aromatic carbocycles. The number of hydrogen-bond acceptors (Lipinski definition) is 3. The number of H-pyrrole nitrogens is 1. The molecule has 25 heavy (non-hydrogen) atoms. The van der Waals surface area contributed by atoms with Gasteiger partial charge in [0.25, 0.3) is 0 Å². The lowest BCUT2D eigenvalue weighted by Gasteiger charge is -2.11. The van der Waals surface area contributed by atoms with Crippen LogP contribution in [0.25, 0.3) is 10.9 Å². The maximum atomic E-state index is 13.2. The molecule has 3 N–H and O–H groups in total. The third-order valence-corrected chi connectivity index (χ3v) is 4.84. The Morgan fingerprint density at radius 3 is 2.92 bits per heavy atom. The molecule has 3 aromatic rings. The zero-order valence-electron chi connectivity index (χ0n) is 14.1. The normalized spacial score (nSPS) is 11.4. The number of benzene rings is 1. The van der Waals surface area contributed by atoms with Crippen molar-refractivity contribution in [2.75, 3.05) is 13.6 Å². The number of fused-ring (bicyclic) bond motifs is 1. The summed E-state index contributed by atoms with van der Waals surface area (Å²) in [6, 6.07) is 4.82. The van der Waals surface area contributed by atoms with E-state index in [-0.39, 0.29) is 29.8 Å². The first-order valence-electron chi connectivity index (χ1n) is 7.76. The van der Waals surface area contributed by atoms with Gasteiger partial charge in [0, 0.05) is 35.6 Å². The number of aromatic amines is 1. The van der Waals surface area contributed by atoms with Crippen LogP contribution in [0.2, 0.25) is 0 Å². The van der Waals surface area contributed by atoms with E-state index in [2.05, 4.69) is 25.6 Å². The second kappa shape index (κ2) is 9.14. The van der Waals surface area contributed by atoms with Crippen LogP contribution in [0.3, 0.4) is 0 Å². The summed E-state index contributed by atoms with van der Waals surface area (Å²) < 4.78 is 13.2. The van der Waals surface area contributed by atoms with Crippen molar-refractivity contribution in [1.82, 2.24) is 20.6 Å². The van der Waals surface area contributed by atoms with Gasteiger partial charge in [-0.15, -0.1) is 35.3 Å². The third kappa shape index (κ3) is 4.91. The smallest absolute Gasteiger partial charge is 0.191 e. The fourth-order valence-corrected chi connectivity index (χ4v) is 3.28. The first-order valence-corrected chi connectivity index (χ1v) is 8.64. The molecule has 0 aliphatic rings. The molecule has 2 heterocycles. The number of aromatic nitrogens is 2. The maximum absolute atomic E-state index is 13.2. The van der Waals surface area contributed by atoms with Crippen LogP contribution >= 0.6 is 35.3 Å². The van der Waals surface area contributed by atoms with Gasteiger partial charge in [-0.2, -0.15) is 0 Å². The Bertz CT molecular complexity index is 858. The van der Waals surface area contributed by atoms with Crippen LogP contribution in [0, 0.1) is 12.7 Å². The van der Waals surface area contributed by atoms with E-state index in [9.17, 15) is 4.39 Å². The van der Waals surface area contributed by atoms with E-state index < -0.39 is 0 Å². The summed E-state index contributed by atoms with van der Waals surface area (Å²) in [5.74, 6) is 0.533. The van der Waals surface area contributed by atoms with Crippen molar-refractivity contribution in [3.63, 3.8) is 0 Å². The topological polar surface area (TPSA) is 65.1 Å². The number of halogens is 2. The summed E-state index contributed by atoms with van der Waals surface area (Å²) >= 11 is 1.64. The van der Waals surface area contributed by atoms with Crippen LogP contribution in [-0.4, -0.2) is 29.5 Å². The Hall–Kier alpha value is -1.68. The Morgan fingerprint density at radius 1 is 1.36 bits per heavy atom. The summed E-state index contributed by atoms with van der Waals surface area (Å²) in [5, 5.41) is 7.65. The van der Waals surface area contributed by atoms with Crippen molar-refractivity contribution in [1.29, 1.82) is 0 Å². The SMILES string of the molecule is CN=C(NCCc1c[nH]c2cc(F)ccc12)NCc1scnc1C.I. The van der Waals surface area contributed by atoms with Gasteiger partial charge >= 0.3 is 0 Å². The number of aryl methyl sites for hydroxylation is 1. The summed E-state index contributed by atoms with van der Waals surface area (Å²) in [7, 11) is 1.75. The molecule has 5 nitrogen and oxygen atoms in total. The van der Waals surface area contributed by atoms with Crippen LogP contribution in [0.15, 0.2) is 34.9 Å². The number of guanidine groups is 1. The number of thiazole rings is 1. The summed E-state index contributed by atoms with van der Waals surface area (Å²) in [6.07, 6.45) is 2.76. The van der Waals surface area contributed by atoms with Crippen molar-refractivity contribution >= 4 is 52.2 Å². The lowest BCUT2D eigenvalue weighted by atomic mass is 10.1. The highest BCUT2D eigenvalue weighted by Crippen LogP contribution is 2.19. The summed E-state index contributed by atoms with van der Waals surface area (Å²) in [6.45, 7) is 3.46. The van der Waals surface area contributed by atoms with E-state index >= 15 is 0 Å². The average Bonchev–Trinajstić information content (AvgIpc) is 3.16. The summed E-state index contributed by atoms with van der Waals surface area (Å²) in [4.78, 5) is 12.8. The van der Waals surface area contributed by atoms with Gasteiger partial charge in [-0.05, 0) is 37.1 Å². The average molecular weight is 473 g/mol. The second-order valence-electron chi connectivity index (χ2n) is 5.47. The molecule has 8 heteroatoms. The van der Waals surface area contributed by atoms with Crippen molar-refractivity contribution in [3.05, 3.63) is 51.9 Å². The molecule has 0 saturated carbocycles. The Balaban J connectivity index is 0.00000225. The lowest BCUT2D eigenvalue weighted by molar-refractivity contribution is 0.629. The van der Waals surface area contributed by atoms with Crippen molar-refractivity contribution in [3.8, 4) is 0 Å². The van der Waals surface area contributed by atoms with Crippen LogP contribution in [-0.2, 0) is 13.0 Å². The van der Waals surface area contributed by atoms with E-state index in [0.29, 0.717) is 6.54 Å². The van der Waals surface area contributed by atoms with Gasteiger partial charge in [0.15, 0.2) is 5.96 Å². The molecule has 2 aromatic heterocycles. The van der Waals surface area contributed by atoms with Crippen LogP contribution in [0.1, 0.15) is 16.1 Å². The predicted molar refractivity (Wildman–Crippen MR) is 112 cm³/mol. The molecule has 134 valence electrons. The number of nitrogens with zero attached hydrogens (tertiary/aromatic N) is 2. The van der Waals surface area contributed by atoms with Gasteiger partial charge in [0.05, 0.1) is 17.7 Å². The largest absolute Gasteiger partial charge is 0.361 e. The predicted octanol–water partition coefficient (Wildman–Crippen LogP) is 3.60. The number of rotatable bonds is 5. The Kier molecular flexibility index (Phi) is 7.18. The minimum Gasteiger partial charge on any atom is -0.361 e. The van der Waals surface area contributed by atoms with E-state index in [1.807, 2.05) is 24.7 Å². The second-order valence-corrected chi connectivity index (χ2v) is 6.41. The molecule has 0 fully saturated rings. The van der Waals surface area contributed by atoms with Gasteiger partial charge in [-0.1, -0.05) is 0 Å². The molecular formula is C17H21FIN5S. The van der Waals surface area contributed by atoms with Crippen molar-refractivity contribution in [2.45, 2.75) is 19.9 Å². The first kappa shape index (κ1) is 19.6. The number of aliphatic imine (C=N–C) groups is 1. The van der Waals surface area contributed by atoms with Gasteiger partial charge < -0.3 is 15.6 Å². The molecule has 0 saturated heterocycles. The Morgan fingerprint density at radius 2 is 2.20 bits per heavy atom. The molecule has 0 aliphatic carbocycles. The highest BCUT2D eigenvalue weighted by Gasteiger charge is 2.06. The first-order chi connectivity index (χ1) is 11.7. The van der Waals surface area contributed by atoms with Gasteiger partial charge in [0.2, 0.25) is 0 Å². The molecule has 3 rings (SSSR count). The molecule has 0 atom stereocenters. The molecule has 0 spiro atoms. The quantitative estimate of drug-likeness (QED) is 0.302. The van der Waals surface area contributed by atoms with Gasteiger partial charge in [0.1, 0.15) is 5.82 Å². The molecule has 0 aliphatic heterocycles. The maximum Gasteiger partial charge on any atom is 0.191 e. The van der Waals surface area contributed by atoms with Crippen LogP contribution < -0.4 is 10.6 Å². The minimum absolute atomic E-state index is 0. The minimum atomic E-state index is -0.225. The van der Waals surface area contributed by atoms with E-state index in [0.717, 1.165) is 41.1 Å². The fourth-order valence-electron chi connectivity index (χ4n) is 2.56.